The molecule has 0 radical (unpaired) electrons. The van der Waals surface area contributed by atoms with E-state index in [2.05, 4.69) is 35.6 Å². The predicted octanol–water partition coefficient (Wildman–Crippen LogP) is 4.30. The number of ether oxygens (including phenoxy) is 1. The summed E-state index contributed by atoms with van der Waals surface area (Å²) in [5.74, 6) is -0.145. The summed E-state index contributed by atoms with van der Waals surface area (Å²) in [7, 11) is 2.09. The summed E-state index contributed by atoms with van der Waals surface area (Å²) in [5, 5.41) is 9.95. The average molecular weight is 570 g/mol. The fraction of sp³-hybridized carbons (Fsp3) is 0.469. The molecular formula is C32H36FN7O2. The second-order valence-corrected chi connectivity index (χ2v) is 11.5. The van der Waals surface area contributed by atoms with Crippen molar-refractivity contribution in [1.29, 1.82) is 5.26 Å². The van der Waals surface area contributed by atoms with Crippen LogP contribution in [0.25, 0.3) is 22.3 Å². The lowest BCUT2D eigenvalue weighted by atomic mass is 9.87. The van der Waals surface area contributed by atoms with E-state index in [1.807, 2.05) is 17.0 Å². The van der Waals surface area contributed by atoms with Crippen molar-refractivity contribution in [2.24, 2.45) is 0 Å². The van der Waals surface area contributed by atoms with Crippen molar-refractivity contribution < 1.29 is 13.9 Å². The van der Waals surface area contributed by atoms with Gasteiger partial charge < -0.3 is 19.4 Å². The summed E-state index contributed by atoms with van der Waals surface area (Å²) in [5.41, 5.74) is 3.88. The molecule has 1 amide bonds. The molecular weight excluding hydrogens is 533 g/mol. The van der Waals surface area contributed by atoms with Crippen LogP contribution >= 0.6 is 0 Å². The van der Waals surface area contributed by atoms with Gasteiger partial charge in [-0.25, -0.2) is 9.37 Å². The highest BCUT2D eigenvalue weighted by Gasteiger charge is 2.32. The zero-order chi connectivity index (χ0) is 29.2. The van der Waals surface area contributed by atoms with Gasteiger partial charge in [-0.2, -0.15) is 15.2 Å². The molecule has 2 atom stereocenters. The maximum Gasteiger partial charge on any atom is 0.320 e. The fourth-order valence-electron chi connectivity index (χ4n) is 6.59. The Bertz CT molecular complexity index is 1550. The monoisotopic (exact) mass is 569 g/mol. The van der Waals surface area contributed by atoms with E-state index in [1.54, 1.807) is 4.90 Å². The first-order chi connectivity index (χ1) is 20.5. The number of aryl methyl sites for hydroxylation is 1. The number of nitrogens with zero attached hydrogens (tertiary/aromatic N) is 7. The maximum atomic E-state index is 15.9. The molecule has 4 heterocycles. The van der Waals surface area contributed by atoms with Crippen molar-refractivity contribution in [2.75, 3.05) is 44.7 Å². The molecule has 10 heteroatoms. The van der Waals surface area contributed by atoms with Crippen molar-refractivity contribution in [3.8, 4) is 23.3 Å². The highest BCUT2D eigenvalue weighted by Crippen LogP contribution is 2.35. The van der Waals surface area contributed by atoms with Crippen molar-refractivity contribution in [3.05, 3.63) is 53.9 Å². The van der Waals surface area contributed by atoms with Crippen LogP contribution in [0.1, 0.15) is 43.2 Å². The molecule has 1 aliphatic carbocycles. The number of aromatic nitrogens is 3. The number of hydrogen-bond donors (Lipinski definition) is 0. The third-order valence-corrected chi connectivity index (χ3v) is 8.89. The molecule has 42 heavy (non-hydrogen) atoms. The molecule has 0 bridgehead atoms. The molecule has 2 aliphatic heterocycles. The van der Waals surface area contributed by atoms with Gasteiger partial charge in [-0.15, -0.1) is 0 Å². The van der Waals surface area contributed by atoms with Gasteiger partial charge in [0, 0.05) is 31.2 Å². The standard InChI is InChI=1S/C32H36FN7O2/c1-3-28(41)40-17-16-39(19-22(40)13-14-34)31-26-18-27(33)29(25-12-6-9-21-8-4-5-11-24(21)25)35-30(26)36-32(37-31)42-20-23-10-7-15-38(23)2/h3,6,9,12,18,22-23H,1,4-5,7-8,10-11,13,15-17,19-20H2,2H3. The number of pyridine rings is 1. The van der Waals surface area contributed by atoms with Gasteiger partial charge in [0.05, 0.1) is 23.9 Å². The Kier molecular flexibility index (Phi) is 8.02. The van der Waals surface area contributed by atoms with Crippen LogP contribution in [0, 0.1) is 17.1 Å². The van der Waals surface area contributed by atoms with Gasteiger partial charge in [0.25, 0.3) is 0 Å². The third kappa shape index (κ3) is 5.41. The van der Waals surface area contributed by atoms with Crippen molar-refractivity contribution in [3.63, 3.8) is 0 Å². The number of fused-ring (bicyclic) bond motifs is 2. The molecule has 0 saturated carbocycles. The van der Waals surface area contributed by atoms with Crippen LogP contribution in [-0.4, -0.2) is 82.6 Å². The van der Waals surface area contributed by atoms with Crippen molar-refractivity contribution in [2.45, 2.75) is 57.0 Å². The minimum absolute atomic E-state index is 0.159. The zero-order valence-electron chi connectivity index (χ0n) is 24.1. The lowest BCUT2D eigenvalue weighted by Crippen LogP contribution is -2.55. The maximum absolute atomic E-state index is 15.9. The number of anilines is 1. The molecule has 2 unspecified atom stereocenters. The molecule has 6 rings (SSSR count). The minimum atomic E-state index is -0.429. The Labute approximate surface area is 245 Å². The molecule has 2 fully saturated rings. The Morgan fingerprint density at radius 2 is 2.02 bits per heavy atom. The van der Waals surface area contributed by atoms with Gasteiger partial charge in [0.15, 0.2) is 5.65 Å². The Hall–Kier alpha value is -4.10. The van der Waals surface area contributed by atoms with Crippen LogP contribution in [0.4, 0.5) is 10.2 Å². The first kappa shape index (κ1) is 28.0. The van der Waals surface area contributed by atoms with E-state index in [0.717, 1.165) is 56.2 Å². The van der Waals surface area contributed by atoms with Crippen molar-refractivity contribution >= 4 is 22.8 Å². The second-order valence-electron chi connectivity index (χ2n) is 11.5. The molecule has 3 aliphatic rings. The topological polar surface area (TPSA) is 98.5 Å². The van der Waals surface area contributed by atoms with Gasteiger partial charge in [0.2, 0.25) is 5.91 Å². The quantitative estimate of drug-likeness (QED) is 0.389. The number of amides is 1. The number of likely N-dealkylation sites (N-methyl/N-ethyl adjacent to an activating group) is 1. The molecule has 2 aromatic heterocycles. The van der Waals surface area contributed by atoms with Crippen LogP contribution in [0.3, 0.4) is 0 Å². The summed E-state index contributed by atoms with van der Waals surface area (Å²) in [6.45, 7) is 6.28. The SMILES string of the molecule is C=CC(=O)N1CCN(c2nc(OCC3CCCN3C)nc3nc(-c4cccc5c4CCCC5)c(F)cc23)CC1CC#N. The van der Waals surface area contributed by atoms with Crippen LogP contribution < -0.4 is 9.64 Å². The molecule has 0 N–H and O–H groups in total. The van der Waals surface area contributed by atoms with E-state index in [-0.39, 0.29) is 36.1 Å². The highest BCUT2D eigenvalue weighted by atomic mass is 19.1. The number of benzene rings is 1. The Morgan fingerprint density at radius 1 is 1.17 bits per heavy atom. The third-order valence-electron chi connectivity index (χ3n) is 8.89. The average Bonchev–Trinajstić information content (AvgIpc) is 3.43. The number of carbonyl (C=O) groups is 1. The fourth-order valence-corrected chi connectivity index (χ4v) is 6.59. The van der Waals surface area contributed by atoms with Gasteiger partial charge in [-0.05, 0) is 75.4 Å². The summed E-state index contributed by atoms with van der Waals surface area (Å²) in [6, 6.07) is 9.82. The lowest BCUT2D eigenvalue weighted by molar-refractivity contribution is -0.128. The summed E-state index contributed by atoms with van der Waals surface area (Å²) in [6.07, 6.45) is 7.69. The van der Waals surface area contributed by atoms with Crippen LogP contribution in [0.2, 0.25) is 0 Å². The second kappa shape index (κ2) is 12.0. The lowest BCUT2D eigenvalue weighted by Gasteiger charge is -2.41. The van der Waals surface area contributed by atoms with Gasteiger partial charge in [-0.1, -0.05) is 24.8 Å². The predicted molar refractivity (Wildman–Crippen MR) is 159 cm³/mol. The zero-order valence-corrected chi connectivity index (χ0v) is 24.1. The van der Waals surface area contributed by atoms with Crippen molar-refractivity contribution in [1.82, 2.24) is 24.8 Å². The first-order valence-corrected chi connectivity index (χ1v) is 14.8. The van der Waals surface area contributed by atoms with Gasteiger partial charge >= 0.3 is 6.01 Å². The van der Waals surface area contributed by atoms with Gasteiger partial charge in [0.1, 0.15) is 23.9 Å². The number of rotatable bonds is 7. The number of carbonyl (C=O) groups excluding carboxylic acids is 1. The summed E-state index contributed by atoms with van der Waals surface area (Å²) < 4.78 is 22.1. The number of likely N-dealkylation sites (tertiary alicyclic amines) is 1. The Morgan fingerprint density at radius 3 is 2.81 bits per heavy atom. The van der Waals surface area contributed by atoms with E-state index < -0.39 is 5.82 Å². The van der Waals surface area contributed by atoms with E-state index in [1.165, 1.54) is 17.7 Å². The molecule has 1 aromatic carbocycles. The van der Waals surface area contributed by atoms with E-state index >= 15 is 4.39 Å². The summed E-state index contributed by atoms with van der Waals surface area (Å²) in [4.78, 5) is 32.7. The number of piperazine rings is 1. The highest BCUT2D eigenvalue weighted by molar-refractivity contribution is 5.90. The van der Waals surface area contributed by atoms with E-state index in [9.17, 15) is 10.1 Å². The molecule has 218 valence electrons. The summed E-state index contributed by atoms with van der Waals surface area (Å²) >= 11 is 0. The molecule has 9 nitrogen and oxygen atoms in total. The first-order valence-electron chi connectivity index (χ1n) is 14.8. The van der Waals surface area contributed by atoms with Gasteiger partial charge in [-0.3, -0.25) is 4.79 Å². The minimum Gasteiger partial charge on any atom is -0.462 e. The smallest absolute Gasteiger partial charge is 0.320 e. The molecule has 2 saturated heterocycles. The molecule has 3 aromatic rings. The van der Waals surface area contributed by atoms with E-state index in [4.69, 9.17) is 14.7 Å². The number of halogens is 1. The largest absolute Gasteiger partial charge is 0.462 e. The van der Waals surface area contributed by atoms with Crippen LogP contribution in [0.5, 0.6) is 6.01 Å². The molecule has 0 spiro atoms. The number of nitriles is 1. The van der Waals surface area contributed by atoms with Crippen LogP contribution in [-0.2, 0) is 17.6 Å². The number of hydrogen-bond acceptors (Lipinski definition) is 8. The Balaban J connectivity index is 1.42. The normalized spacial score (nSPS) is 20.8. The van der Waals surface area contributed by atoms with E-state index in [0.29, 0.717) is 43.1 Å². The van der Waals surface area contributed by atoms with Crippen LogP contribution in [0.15, 0.2) is 36.9 Å².